The summed E-state index contributed by atoms with van der Waals surface area (Å²) in [5, 5.41) is 0. The highest BCUT2D eigenvalue weighted by Gasteiger charge is 1.67. The summed E-state index contributed by atoms with van der Waals surface area (Å²) in [5.74, 6) is 0. The first kappa shape index (κ1) is 22.5. The first-order valence-corrected chi connectivity index (χ1v) is 4.36. The molecule has 0 amide bonds. The van der Waals surface area contributed by atoms with Crippen LogP contribution in [0.25, 0.3) is 0 Å². The van der Waals surface area contributed by atoms with Gasteiger partial charge in [0, 0.05) is 21.1 Å². The Bertz CT molecular complexity index is 58.9. The van der Waals surface area contributed by atoms with Crippen molar-refractivity contribution in [3.63, 3.8) is 0 Å². The molecule has 0 radical (unpaired) electrons. The van der Waals surface area contributed by atoms with Gasteiger partial charge in [0.15, 0.2) is 0 Å². The molecule has 0 aromatic rings. The molecule has 0 saturated carbocycles. The lowest BCUT2D eigenvalue weighted by Crippen LogP contribution is -2.06. The molecule has 0 fully saturated rings. The Morgan fingerprint density at radius 1 is 1.00 bits per heavy atom. The maximum atomic E-state index is 3.74. The van der Waals surface area contributed by atoms with Crippen LogP contribution >= 0.6 is 0 Å². The Morgan fingerprint density at radius 2 is 1.25 bits per heavy atom. The van der Waals surface area contributed by atoms with E-state index in [9.17, 15) is 0 Å². The van der Waals surface area contributed by atoms with Crippen LogP contribution in [-0.4, -0.2) is 32.4 Å². The molecule has 76 valence electrons. The van der Waals surface area contributed by atoms with Crippen LogP contribution in [0.4, 0.5) is 0 Å². The smallest absolute Gasteiger partial charge is 0.0841 e. The zero-order valence-electron chi connectivity index (χ0n) is 9.89. The monoisotopic (exact) mass is 174 g/mol. The van der Waals surface area contributed by atoms with Crippen LogP contribution < -0.4 is 0 Å². The van der Waals surface area contributed by atoms with E-state index in [2.05, 4.69) is 18.2 Å². The van der Waals surface area contributed by atoms with Crippen molar-refractivity contribution in [1.82, 2.24) is 4.90 Å². The molecule has 2 nitrogen and oxygen atoms in total. The Hall–Kier alpha value is -0.790. The van der Waals surface area contributed by atoms with Crippen molar-refractivity contribution in [2.24, 2.45) is 4.99 Å². The fraction of sp³-hybridized carbons (Fsp3) is 0.700. The molecule has 0 heterocycles. The summed E-state index contributed by atoms with van der Waals surface area (Å²) in [5.41, 5.74) is 0. The van der Waals surface area contributed by atoms with E-state index >= 15 is 0 Å². The molecule has 0 rings (SSSR count). The first-order chi connectivity index (χ1) is 5.77. The molecule has 0 aliphatic rings. The average molecular weight is 174 g/mol. The fourth-order valence-electron chi connectivity index (χ4n) is 0.231. The van der Waals surface area contributed by atoms with Gasteiger partial charge in [0.2, 0.25) is 0 Å². The summed E-state index contributed by atoms with van der Waals surface area (Å²) >= 11 is 0. The van der Waals surface area contributed by atoms with Crippen LogP contribution in [0, 0.1) is 0 Å². The zero-order chi connectivity index (χ0) is 11.0. The van der Waals surface area contributed by atoms with Crippen LogP contribution in [0.3, 0.4) is 0 Å². The second kappa shape index (κ2) is 48.9. The van der Waals surface area contributed by atoms with Gasteiger partial charge in [-0.3, -0.25) is 4.99 Å². The van der Waals surface area contributed by atoms with E-state index < -0.39 is 0 Å². The minimum atomic E-state index is 1.75. The van der Waals surface area contributed by atoms with Gasteiger partial charge in [-0.1, -0.05) is 27.7 Å². The normalized spacial score (nSPS) is 6.25. The molecule has 0 bridgehead atoms. The van der Waals surface area contributed by atoms with Crippen molar-refractivity contribution < 1.29 is 0 Å². The quantitative estimate of drug-likeness (QED) is 0.339. The maximum Gasteiger partial charge on any atom is 0.0841 e. The molecule has 0 aromatic heterocycles. The van der Waals surface area contributed by atoms with E-state index in [0.29, 0.717) is 0 Å². The molecular formula is C10H26N2. The lowest BCUT2D eigenvalue weighted by atomic mass is 10.9. The number of aliphatic imine (C=N–C) groups is 1. The third-order valence-electron chi connectivity index (χ3n) is 0.346. The Balaban J connectivity index is -0.0000000453. The fourth-order valence-corrected chi connectivity index (χ4v) is 0.231. The van der Waals surface area contributed by atoms with E-state index in [1.54, 1.807) is 13.4 Å². The van der Waals surface area contributed by atoms with Crippen LogP contribution in [0.1, 0.15) is 27.7 Å². The highest BCUT2D eigenvalue weighted by Crippen LogP contribution is 1.59. The van der Waals surface area contributed by atoms with E-state index in [0.717, 1.165) is 0 Å². The van der Waals surface area contributed by atoms with E-state index in [1.165, 1.54) is 0 Å². The highest BCUT2D eigenvalue weighted by molar-refractivity contribution is 5.53. The van der Waals surface area contributed by atoms with Crippen molar-refractivity contribution in [3.05, 3.63) is 13.2 Å². The second-order valence-corrected chi connectivity index (χ2v) is 1.34. The number of nitrogens with zero attached hydrogens (tertiary/aromatic N) is 2. The third kappa shape index (κ3) is 127. The first-order valence-electron chi connectivity index (χ1n) is 4.36. The van der Waals surface area contributed by atoms with Gasteiger partial charge in [-0.2, -0.15) is 0 Å². The lowest BCUT2D eigenvalue weighted by molar-refractivity contribution is 0.642. The van der Waals surface area contributed by atoms with Gasteiger partial charge in [-0.15, -0.1) is 13.2 Å². The Kier molecular flexibility index (Phi) is 91.5. The van der Waals surface area contributed by atoms with E-state index in [4.69, 9.17) is 0 Å². The van der Waals surface area contributed by atoms with Gasteiger partial charge in [-0.25, -0.2) is 0 Å². The van der Waals surface area contributed by atoms with Crippen molar-refractivity contribution >= 4 is 6.34 Å². The van der Waals surface area contributed by atoms with E-state index in [-0.39, 0.29) is 0 Å². The largest absolute Gasteiger partial charge is 0.369 e. The molecule has 0 spiro atoms. The van der Waals surface area contributed by atoms with Crippen molar-refractivity contribution in [2.45, 2.75) is 27.7 Å². The number of rotatable bonds is 1. The van der Waals surface area contributed by atoms with Crippen LogP contribution in [0.2, 0.25) is 0 Å². The molecule has 12 heavy (non-hydrogen) atoms. The van der Waals surface area contributed by atoms with Gasteiger partial charge in [0.05, 0.1) is 6.34 Å². The topological polar surface area (TPSA) is 15.6 Å². The second-order valence-electron chi connectivity index (χ2n) is 1.34. The summed E-state index contributed by atoms with van der Waals surface area (Å²) in [4.78, 5) is 5.62. The molecule has 0 aromatic carbocycles. The molecular weight excluding hydrogens is 148 g/mol. The van der Waals surface area contributed by atoms with Crippen molar-refractivity contribution in [1.29, 1.82) is 0 Å². The number of hydrogen-bond acceptors (Lipinski definition) is 1. The van der Waals surface area contributed by atoms with Crippen molar-refractivity contribution in [3.8, 4) is 0 Å². The van der Waals surface area contributed by atoms with Gasteiger partial charge in [0.1, 0.15) is 0 Å². The molecule has 0 saturated heterocycles. The SMILES string of the molecule is C=C.CC.CC.CN=CN(C)C. The Labute approximate surface area is 79.0 Å². The third-order valence-corrected chi connectivity index (χ3v) is 0.346. The summed E-state index contributed by atoms with van der Waals surface area (Å²) in [6.45, 7) is 14.0. The lowest BCUT2D eigenvalue weighted by Gasteiger charge is -1.98. The maximum absolute atomic E-state index is 3.74. The van der Waals surface area contributed by atoms with Crippen molar-refractivity contribution in [2.75, 3.05) is 21.1 Å². The minimum absolute atomic E-state index is 1.75. The summed E-state index contributed by atoms with van der Waals surface area (Å²) < 4.78 is 0. The van der Waals surface area contributed by atoms with Crippen LogP contribution in [-0.2, 0) is 0 Å². The molecule has 0 atom stereocenters. The standard InChI is InChI=1S/C4H10N2.2C2H6.C2H4/c1-5-4-6(2)3;3*1-2/h4H,1-3H3;2*1-2H3;1-2H2. The molecule has 0 aliphatic carbocycles. The predicted molar refractivity (Wildman–Crippen MR) is 62.1 cm³/mol. The van der Waals surface area contributed by atoms with E-state index in [1.807, 2.05) is 46.7 Å². The number of hydrogen-bond donors (Lipinski definition) is 0. The molecule has 0 aliphatic heterocycles. The molecule has 0 N–H and O–H groups in total. The minimum Gasteiger partial charge on any atom is -0.369 e. The van der Waals surface area contributed by atoms with Crippen LogP contribution in [0.5, 0.6) is 0 Å². The predicted octanol–water partition coefficient (Wildman–Crippen LogP) is 3.06. The average Bonchev–Trinajstić information content (AvgIpc) is 2.14. The molecule has 0 unspecified atom stereocenters. The van der Waals surface area contributed by atoms with Gasteiger partial charge < -0.3 is 4.90 Å². The van der Waals surface area contributed by atoms with Gasteiger partial charge in [-0.05, 0) is 0 Å². The van der Waals surface area contributed by atoms with Gasteiger partial charge >= 0.3 is 0 Å². The zero-order valence-corrected chi connectivity index (χ0v) is 9.89. The summed E-state index contributed by atoms with van der Waals surface area (Å²) in [6, 6.07) is 0. The van der Waals surface area contributed by atoms with Gasteiger partial charge in [0.25, 0.3) is 0 Å². The molecule has 2 heteroatoms. The summed E-state index contributed by atoms with van der Waals surface area (Å²) in [7, 11) is 5.62. The highest BCUT2D eigenvalue weighted by atomic mass is 15.1. The Morgan fingerprint density at radius 3 is 1.25 bits per heavy atom. The summed E-state index contributed by atoms with van der Waals surface area (Å²) in [6.07, 6.45) is 1.75. The van der Waals surface area contributed by atoms with Crippen LogP contribution in [0.15, 0.2) is 18.2 Å².